The topological polar surface area (TPSA) is 43.8 Å². The van der Waals surface area contributed by atoms with Gasteiger partial charge in [0.15, 0.2) is 0 Å². The summed E-state index contributed by atoms with van der Waals surface area (Å²) < 4.78 is 2.11. The summed E-state index contributed by atoms with van der Waals surface area (Å²) in [5.74, 6) is 0.888. The van der Waals surface area contributed by atoms with Gasteiger partial charge >= 0.3 is 0 Å². The third-order valence-corrected chi connectivity index (χ3v) is 4.02. The number of nitrogens with zero attached hydrogens (tertiary/aromatic N) is 2. The molecular formula is C13H12ClN3S. The average Bonchev–Trinajstić information content (AvgIpc) is 2.92. The molecule has 0 radical (unpaired) electrons. The van der Waals surface area contributed by atoms with Gasteiger partial charge in [-0.05, 0) is 30.5 Å². The van der Waals surface area contributed by atoms with Crippen LogP contribution in [0, 0.1) is 0 Å². The molecule has 0 fully saturated rings. The molecule has 5 heteroatoms. The number of halogens is 1. The van der Waals surface area contributed by atoms with Crippen molar-refractivity contribution >= 4 is 39.0 Å². The summed E-state index contributed by atoms with van der Waals surface area (Å²) in [5.41, 5.74) is 8.85. The molecule has 0 aliphatic heterocycles. The molecule has 3 rings (SSSR count). The Hall–Kier alpha value is -1.52. The van der Waals surface area contributed by atoms with Gasteiger partial charge in [0.05, 0.1) is 26.6 Å². The zero-order valence-corrected chi connectivity index (χ0v) is 11.4. The second-order valence-electron chi connectivity index (χ2n) is 3.99. The first-order chi connectivity index (χ1) is 8.72. The molecule has 92 valence electrons. The molecule has 0 atom stereocenters. The van der Waals surface area contributed by atoms with E-state index in [9.17, 15) is 0 Å². The molecule has 3 aromatic rings. The second-order valence-corrected chi connectivity index (χ2v) is 5.34. The van der Waals surface area contributed by atoms with Gasteiger partial charge in [0.1, 0.15) is 5.82 Å². The highest BCUT2D eigenvalue weighted by Gasteiger charge is 2.15. The lowest BCUT2D eigenvalue weighted by Crippen LogP contribution is -1.98. The van der Waals surface area contributed by atoms with E-state index in [-0.39, 0.29) is 0 Å². The Labute approximate surface area is 114 Å². The van der Waals surface area contributed by atoms with Gasteiger partial charge in [-0.2, -0.15) is 0 Å². The van der Waals surface area contributed by atoms with Crippen LogP contribution in [0.3, 0.4) is 0 Å². The largest absolute Gasteiger partial charge is 0.390 e. The molecule has 0 saturated heterocycles. The normalized spacial score (nSPS) is 11.2. The maximum atomic E-state index is 6.27. The number of para-hydroxylation sites is 1. The van der Waals surface area contributed by atoms with Crippen LogP contribution in [0.4, 0.5) is 5.00 Å². The van der Waals surface area contributed by atoms with Crippen LogP contribution in [0.15, 0.2) is 29.6 Å². The van der Waals surface area contributed by atoms with Crippen molar-refractivity contribution in [2.45, 2.75) is 13.5 Å². The monoisotopic (exact) mass is 277 g/mol. The van der Waals surface area contributed by atoms with Crippen LogP contribution < -0.4 is 5.73 Å². The minimum Gasteiger partial charge on any atom is -0.390 e. The highest BCUT2D eigenvalue weighted by atomic mass is 35.5. The molecule has 2 N–H and O–H groups in total. The Morgan fingerprint density at radius 1 is 1.39 bits per heavy atom. The molecule has 0 bridgehead atoms. The smallest absolute Gasteiger partial charge is 0.144 e. The van der Waals surface area contributed by atoms with Gasteiger partial charge in [0.25, 0.3) is 0 Å². The molecule has 0 aliphatic carbocycles. The SMILES string of the molecule is CCn1c(-c2ccsc2N)nc2cccc(Cl)c21. The van der Waals surface area contributed by atoms with Crippen LogP contribution in [-0.4, -0.2) is 9.55 Å². The van der Waals surface area contributed by atoms with Crippen molar-refractivity contribution in [2.75, 3.05) is 5.73 Å². The summed E-state index contributed by atoms with van der Waals surface area (Å²) in [7, 11) is 0. The van der Waals surface area contributed by atoms with E-state index in [1.54, 1.807) is 0 Å². The fourth-order valence-electron chi connectivity index (χ4n) is 2.16. The van der Waals surface area contributed by atoms with Gasteiger partial charge in [-0.15, -0.1) is 11.3 Å². The van der Waals surface area contributed by atoms with Gasteiger partial charge in [-0.25, -0.2) is 4.98 Å². The summed E-state index contributed by atoms with van der Waals surface area (Å²) in [6, 6.07) is 7.78. The van der Waals surface area contributed by atoms with Crippen molar-refractivity contribution in [3.63, 3.8) is 0 Å². The number of nitrogens with two attached hydrogens (primary N) is 1. The first kappa shape index (κ1) is 11.6. The van der Waals surface area contributed by atoms with E-state index in [1.165, 1.54) is 11.3 Å². The standard InChI is InChI=1S/C13H12ClN3S/c1-2-17-11-9(14)4-3-5-10(11)16-13(17)8-6-7-18-12(8)15/h3-7H,2,15H2,1H3. The lowest BCUT2D eigenvalue weighted by atomic mass is 10.3. The Kier molecular flexibility index (Phi) is 2.76. The number of fused-ring (bicyclic) bond motifs is 1. The van der Waals surface area contributed by atoms with Crippen molar-refractivity contribution in [3.05, 3.63) is 34.7 Å². The first-order valence-corrected chi connectivity index (χ1v) is 6.96. The maximum Gasteiger partial charge on any atom is 0.144 e. The summed E-state index contributed by atoms with van der Waals surface area (Å²) >= 11 is 7.79. The molecule has 0 aliphatic rings. The summed E-state index contributed by atoms with van der Waals surface area (Å²) in [6.45, 7) is 2.89. The quantitative estimate of drug-likeness (QED) is 0.769. The third-order valence-electron chi connectivity index (χ3n) is 2.97. The van der Waals surface area contributed by atoms with Crippen LogP contribution in [0.2, 0.25) is 5.02 Å². The van der Waals surface area contributed by atoms with E-state index in [0.717, 1.165) is 39.0 Å². The van der Waals surface area contributed by atoms with Crippen molar-refractivity contribution in [3.8, 4) is 11.4 Å². The molecule has 1 aromatic carbocycles. The number of aryl methyl sites for hydroxylation is 1. The summed E-state index contributed by atoms with van der Waals surface area (Å²) in [6.07, 6.45) is 0. The van der Waals surface area contributed by atoms with Crippen molar-refractivity contribution < 1.29 is 0 Å². The Bertz CT molecular complexity index is 714. The molecule has 18 heavy (non-hydrogen) atoms. The summed E-state index contributed by atoms with van der Waals surface area (Å²) in [4.78, 5) is 4.65. The highest BCUT2D eigenvalue weighted by molar-refractivity contribution is 7.14. The van der Waals surface area contributed by atoms with Gasteiger partial charge < -0.3 is 10.3 Å². The van der Waals surface area contributed by atoms with Crippen LogP contribution in [-0.2, 0) is 6.54 Å². The lowest BCUT2D eigenvalue weighted by Gasteiger charge is -2.06. The van der Waals surface area contributed by atoms with Crippen LogP contribution >= 0.6 is 22.9 Å². The maximum absolute atomic E-state index is 6.27. The Morgan fingerprint density at radius 3 is 2.89 bits per heavy atom. The summed E-state index contributed by atoms with van der Waals surface area (Å²) in [5, 5.41) is 3.49. The van der Waals surface area contributed by atoms with E-state index in [4.69, 9.17) is 17.3 Å². The first-order valence-electron chi connectivity index (χ1n) is 5.70. The van der Waals surface area contributed by atoms with Crippen molar-refractivity contribution in [1.29, 1.82) is 0 Å². The fourth-order valence-corrected chi connectivity index (χ4v) is 3.07. The molecule has 0 saturated carbocycles. The van der Waals surface area contributed by atoms with E-state index in [1.807, 2.05) is 29.6 Å². The number of nitrogen functional groups attached to an aromatic ring is 1. The number of imidazole rings is 1. The zero-order chi connectivity index (χ0) is 12.7. The Balaban J connectivity index is 2.37. The Morgan fingerprint density at radius 2 is 2.22 bits per heavy atom. The van der Waals surface area contributed by atoms with Crippen molar-refractivity contribution in [1.82, 2.24) is 9.55 Å². The molecule has 0 unspecified atom stereocenters. The predicted molar refractivity (Wildman–Crippen MR) is 78.1 cm³/mol. The number of anilines is 1. The van der Waals surface area contributed by atoms with E-state index >= 15 is 0 Å². The molecular weight excluding hydrogens is 266 g/mol. The number of hydrogen-bond acceptors (Lipinski definition) is 3. The number of aromatic nitrogens is 2. The van der Waals surface area contributed by atoms with Crippen LogP contribution in [0.1, 0.15) is 6.92 Å². The van der Waals surface area contributed by atoms with Crippen molar-refractivity contribution in [2.24, 2.45) is 0 Å². The van der Waals surface area contributed by atoms with Gasteiger partial charge in [0.2, 0.25) is 0 Å². The predicted octanol–water partition coefficient (Wildman–Crippen LogP) is 4.02. The molecule has 2 aromatic heterocycles. The van der Waals surface area contributed by atoms with Gasteiger partial charge in [-0.1, -0.05) is 17.7 Å². The van der Waals surface area contributed by atoms with Gasteiger partial charge in [-0.3, -0.25) is 0 Å². The molecule has 0 amide bonds. The van der Waals surface area contributed by atoms with E-state index in [2.05, 4.69) is 16.5 Å². The second kappa shape index (κ2) is 4.30. The highest BCUT2D eigenvalue weighted by Crippen LogP contribution is 2.34. The number of benzene rings is 1. The number of rotatable bonds is 2. The lowest BCUT2D eigenvalue weighted by molar-refractivity contribution is 0.797. The van der Waals surface area contributed by atoms with Gasteiger partial charge in [0, 0.05) is 6.54 Å². The molecule has 3 nitrogen and oxygen atoms in total. The average molecular weight is 278 g/mol. The minimum atomic E-state index is 0.724. The molecule has 2 heterocycles. The fraction of sp³-hybridized carbons (Fsp3) is 0.154. The van der Waals surface area contributed by atoms with Crippen LogP contribution in [0.25, 0.3) is 22.4 Å². The van der Waals surface area contributed by atoms with E-state index < -0.39 is 0 Å². The zero-order valence-electron chi connectivity index (χ0n) is 9.85. The van der Waals surface area contributed by atoms with Crippen LogP contribution in [0.5, 0.6) is 0 Å². The number of thiophene rings is 1. The van der Waals surface area contributed by atoms with E-state index in [0.29, 0.717) is 0 Å². The minimum absolute atomic E-state index is 0.724. The number of hydrogen-bond donors (Lipinski definition) is 1. The molecule has 0 spiro atoms. The third kappa shape index (κ3) is 1.61.